The van der Waals surface area contributed by atoms with E-state index in [0.717, 1.165) is 28.6 Å². The van der Waals surface area contributed by atoms with E-state index in [1.54, 1.807) is 0 Å². The Bertz CT molecular complexity index is 1210. The second kappa shape index (κ2) is 10.9. The van der Waals surface area contributed by atoms with Gasteiger partial charge in [0.2, 0.25) is 0 Å². The Balaban J connectivity index is 1.28. The maximum absolute atomic E-state index is 13.2. The number of hydrazone groups is 1. The normalized spacial score (nSPS) is 18.5. The van der Waals surface area contributed by atoms with Gasteiger partial charge in [-0.2, -0.15) is 5.10 Å². The summed E-state index contributed by atoms with van der Waals surface area (Å²) in [6.07, 6.45) is 8.06. The third kappa shape index (κ3) is 5.61. The number of carbonyl (C=O) groups excluding carboxylic acids is 2. The summed E-state index contributed by atoms with van der Waals surface area (Å²) in [5.74, 6) is 0.0286. The fourth-order valence-electron chi connectivity index (χ4n) is 5.30. The van der Waals surface area contributed by atoms with Gasteiger partial charge in [-0.15, -0.1) is 0 Å². The first-order valence-corrected chi connectivity index (χ1v) is 12.8. The Morgan fingerprint density at radius 3 is 2.43 bits per heavy atom. The van der Waals surface area contributed by atoms with Gasteiger partial charge in [0.25, 0.3) is 5.91 Å². The zero-order valence-corrected chi connectivity index (χ0v) is 20.1. The standard InChI is InChI=1S/C30H32N2O3/c33-29(21-35-30(34)18-15-22-9-3-1-4-10-22)32-28(24-12-5-2-6-13-24)20-27(31-32)26-17-16-23-11-7-8-14-25(23)19-26/h2,5-8,11-14,16-17,19,22,28H,1,3-4,9-10,15,18,20-21H2. The van der Waals surface area contributed by atoms with Gasteiger partial charge in [0.05, 0.1) is 11.8 Å². The van der Waals surface area contributed by atoms with Gasteiger partial charge in [-0.05, 0) is 40.3 Å². The minimum atomic E-state index is -0.293. The Hall–Kier alpha value is -3.47. The molecule has 1 unspecified atom stereocenters. The molecular weight excluding hydrogens is 436 g/mol. The number of rotatable bonds is 7. The van der Waals surface area contributed by atoms with E-state index in [4.69, 9.17) is 9.84 Å². The Morgan fingerprint density at radius 1 is 0.886 bits per heavy atom. The summed E-state index contributed by atoms with van der Waals surface area (Å²) in [5.41, 5.74) is 2.88. The zero-order valence-electron chi connectivity index (χ0n) is 20.1. The number of benzene rings is 3. The lowest BCUT2D eigenvalue weighted by Gasteiger charge is -2.22. The molecule has 1 amide bonds. The lowest BCUT2D eigenvalue weighted by Crippen LogP contribution is -2.31. The van der Waals surface area contributed by atoms with E-state index < -0.39 is 0 Å². The monoisotopic (exact) mass is 468 g/mol. The van der Waals surface area contributed by atoms with E-state index in [1.165, 1.54) is 42.5 Å². The molecule has 0 saturated heterocycles. The number of amides is 1. The predicted molar refractivity (Wildman–Crippen MR) is 138 cm³/mol. The van der Waals surface area contributed by atoms with Crippen molar-refractivity contribution >= 4 is 28.4 Å². The van der Waals surface area contributed by atoms with Gasteiger partial charge in [0, 0.05) is 12.8 Å². The van der Waals surface area contributed by atoms with Crippen molar-refractivity contribution in [3.63, 3.8) is 0 Å². The molecule has 0 N–H and O–H groups in total. The number of ether oxygens (including phenoxy) is 1. The van der Waals surface area contributed by atoms with Crippen LogP contribution in [0.4, 0.5) is 0 Å². The molecule has 3 aromatic rings. The van der Waals surface area contributed by atoms with Crippen molar-refractivity contribution in [1.82, 2.24) is 5.01 Å². The fourth-order valence-corrected chi connectivity index (χ4v) is 5.30. The number of carbonyl (C=O) groups is 2. The highest BCUT2D eigenvalue weighted by molar-refractivity contribution is 6.05. The van der Waals surface area contributed by atoms with Crippen molar-refractivity contribution < 1.29 is 14.3 Å². The maximum Gasteiger partial charge on any atom is 0.306 e. The molecule has 5 heteroatoms. The van der Waals surface area contributed by atoms with Gasteiger partial charge in [-0.25, -0.2) is 5.01 Å². The highest BCUT2D eigenvalue weighted by Crippen LogP contribution is 2.33. The van der Waals surface area contributed by atoms with Crippen molar-refractivity contribution in [2.24, 2.45) is 11.0 Å². The molecule has 3 aromatic carbocycles. The molecule has 0 spiro atoms. The number of nitrogens with zero attached hydrogens (tertiary/aromatic N) is 2. The molecule has 1 atom stereocenters. The molecule has 0 bridgehead atoms. The zero-order chi connectivity index (χ0) is 24.0. The molecule has 2 aliphatic rings. The lowest BCUT2D eigenvalue weighted by atomic mass is 9.86. The molecule has 5 rings (SSSR count). The van der Waals surface area contributed by atoms with Gasteiger partial charge < -0.3 is 4.74 Å². The molecule has 0 aromatic heterocycles. The van der Waals surface area contributed by atoms with Gasteiger partial charge in [0.15, 0.2) is 6.61 Å². The van der Waals surface area contributed by atoms with Crippen LogP contribution >= 0.6 is 0 Å². The average Bonchev–Trinajstić information content (AvgIpc) is 3.37. The highest BCUT2D eigenvalue weighted by Gasteiger charge is 2.33. The third-order valence-electron chi connectivity index (χ3n) is 7.27. The molecule has 0 radical (unpaired) electrons. The van der Waals surface area contributed by atoms with E-state index in [2.05, 4.69) is 30.3 Å². The molecule has 1 aliphatic carbocycles. The van der Waals surface area contributed by atoms with Crippen molar-refractivity contribution in [1.29, 1.82) is 0 Å². The number of hydrogen-bond acceptors (Lipinski definition) is 4. The molecule has 35 heavy (non-hydrogen) atoms. The summed E-state index contributed by atoms with van der Waals surface area (Å²) in [7, 11) is 0. The second-order valence-electron chi connectivity index (χ2n) is 9.68. The van der Waals surface area contributed by atoms with Gasteiger partial charge >= 0.3 is 5.97 Å². The van der Waals surface area contributed by atoms with Crippen LogP contribution in [0.5, 0.6) is 0 Å². The molecule has 180 valence electrons. The van der Waals surface area contributed by atoms with Crippen LogP contribution in [0.15, 0.2) is 77.9 Å². The first-order valence-electron chi connectivity index (χ1n) is 12.8. The first-order chi connectivity index (χ1) is 17.2. The largest absolute Gasteiger partial charge is 0.455 e. The summed E-state index contributed by atoms with van der Waals surface area (Å²) < 4.78 is 5.39. The van der Waals surface area contributed by atoms with Crippen LogP contribution in [-0.4, -0.2) is 29.2 Å². The van der Waals surface area contributed by atoms with Crippen molar-refractivity contribution in [2.45, 2.75) is 57.4 Å². The Labute approximate surface area is 206 Å². The van der Waals surface area contributed by atoms with Crippen LogP contribution in [-0.2, 0) is 14.3 Å². The van der Waals surface area contributed by atoms with Gasteiger partial charge in [-0.3, -0.25) is 9.59 Å². The van der Waals surface area contributed by atoms with Crippen LogP contribution in [0.3, 0.4) is 0 Å². The molecule has 1 heterocycles. The maximum atomic E-state index is 13.2. The number of hydrogen-bond donors (Lipinski definition) is 0. The first kappa shape index (κ1) is 23.3. The molecule has 1 fully saturated rings. The smallest absolute Gasteiger partial charge is 0.306 e. The molecule has 1 aliphatic heterocycles. The summed E-state index contributed by atoms with van der Waals surface area (Å²) in [5, 5.41) is 8.55. The van der Waals surface area contributed by atoms with E-state index >= 15 is 0 Å². The minimum absolute atomic E-state index is 0.217. The van der Waals surface area contributed by atoms with Crippen LogP contribution in [0.25, 0.3) is 10.8 Å². The van der Waals surface area contributed by atoms with Crippen molar-refractivity contribution in [3.05, 3.63) is 83.9 Å². The predicted octanol–water partition coefficient (Wildman–Crippen LogP) is 6.42. The summed E-state index contributed by atoms with van der Waals surface area (Å²) in [4.78, 5) is 25.5. The molecule has 1 saturated carbocycles. The Kier molecular flexibility index (Phi) is 7.22. The van der Waals surface area contributed by atoms with E-state index in [-0.39, 0.29) is 24.5 Å². The van der Waals surface area contributed by atoms with Crippen LogP contribution in [0.2, 0.25) is 0 Å². The minimum Gasteiger partial charge on any atom is -0.455 e. The number of fused-ring (bicyclic) bond motifs is 1. The topological polar surface area (TPSA) is 59.0 Å². The van der Waals surface area contributed by atoms with E-state index in [9.17, 15) is 9.59 Å². The fraction of sp³-hybridized carbons (Fsp3) is 0.367. The van der Waals surface area contributed by atoms with Crippen LogP contribution in [0.1, 0.15) is 68.5 Å². The average molecular weight is 469 g/mol. The van der Waals surface area contributed by atoms with Crippen LogP contribution < -0.4 is 0 Å². The second-order valence-corrected chi connectivity index (χ2v) is 9.68. The summed E-state index contributed by atoms with van der Waals surface area (Å²) >= 11 is 0. The molecule has 5 nitrogen and oxygen atoms in total. The Morgan fingerprint density at radius 2 is 1.63 bits per heavy atom. The van der Waals surface area contributed by atoms with Crippen molar-refractivity contribution in [2.75, 3.05) is 6.61 Å². The quantitative estimate of drug-likeness (QED) is 0.376. The molecular formula is C30H32N2O3. The number of esters is 1. The van der Waals surface area contributed by atoms with E-state index in [0.29, 0.717) is 18.8 Å². The van der Waals surface area contributed by atoms with Crippen LogP contribution in [0, 0.1) is 5.92 Å². The third-order valence-corrected chi connectivity index (χ3v) is 7.27. The van der Waals surface area contributed by atoms with Gasteiger partial charge in [0.1, 0.15) is 0 Å². The summed E-state index contributed by atoms with van der Waals surface area (Å²) in [6, 6.07) is 24.2. The SMILES string of the molecule is O=C(CCC1CCCCC1)OCC(=O)N1N=C(c2ccc3ccccc3c2)CC1c1ccccc1. The highest BCUT2D eigenvalue weighted by atomic mass is 16.5. The summed E-state index contributed by atoms with van der Waals surface area (Å²) in [6.45, 7) is -0.276. The van der Waals surface area contributed by atoms with Crippen molar-refractivity contribution in [3.8, 4) is 0 Å². The lowest BCUT2D eigenvalue weighted by molar-refractivity contribution is -0.153. The van der Waals surface area contributed by atoms with Gasteiger partial charge in [-0.1, -0.05) is 98.8 Å². The van der Waals surface area contributed by atoms with E-state index in [1.807, 2.05) is 42.5 Å².